The third-order valence-corrected chi connectivity index (χ3v) is 4.96. The predicted molar refractivity (Wildman–Crippen MR) is 74.3 cm³/mol. The van der Waals surface area contributed by atoms with E-state index >= 15 is 0 Å². The van der Waals surface area contributed by atoms with Crippen molar-refractivity contribution >= 4 is 15.7 Å². The van der Waals surface area contributed by atoms with Gasteiger partial charge in [0, 0.05) is 18.3 Å². The molecule has 1 aliphatic carbocycles. The number of rotatable bonds is 5. The fourth-order valence-electron chi connectivity index (χ4n) is 2.19. The normalized spacial score (nSPS) is 22.6. The lowest BCUT2D eigenvalue weighted by Crippen LogP contribution is -2.47. The maximum atomic E-state index is 13.8. The molecule has 20 heavy (non-hydrogen) atoms. The lowest BCUT2D eigenvalue weighted by molar-refractivity contribution is -0.00476. The van der Waals surface area contributed by atoms with Crippen molar-refractivity contribution in [3.8, 4) is 0 Å². The zero-order chi connectivity index (χ0) is 14.9. The number of nitrogens with two attached hydrogens (primary N) is 1. The summed E-state index contributed by atoms with van der Waals surface area (Å²) in [5, 5.41) is 0. The SMILES string of the molecule is CCOC1CC(NS(=O)(=O)c2cc(N)c(C)cc2F)C1. The molecular weight excluding hydrogens is 283 g/mol. The van der Waals surface area contributed by atoms with E-state index in [4.69, 9.17) is 10.5 Å². The Morgan fingerprint density at radius 1 is 1.45 bits per heavy atom. The van der Waals surface area contributed by atoms with Gasteiger partial charge in [-0.1, -0.05) is 0 Å². The van der Waals surface area contributed by atoms with Gasteiger partial charge in [0.1, 0.15) is 10.7 Å². The summed E-state index contributed by atoms with van der Waals surface area (Å²) < 4.78 is 45.9. The highest BCUT2D eigenvalue weighted by atomic mass is 32.2. The zero-order valence-corrected chi connectivity index (χ0v) is 12.3. The van der Waals surface area contributed by atoms with Crippen LogP contribution in [0, 0.1) is 12.7 Å². The molecule has 0 unspecified atom stereocenters. The van der Waals surface area contributed by atoms with Gasteiger partial charge in [-0.15, -0.1) is 0 Å². The lowest BCUT2D eigenvalue weighted by atomic mass is 9.90. The highest BCUT2D eigenvalue weighted by Crippen LogP contribution is 2.27. The number of hydrogen-bond donors (Lipinski definition) is 2. The molecule has 1 fully saturated rings. The third kappa shape index (κ3) is 3.11. The highest BCUT2D eigenvalue weighted by Gasteiger charge is 2.34. The van der Waals surface area contributed by atoms with Gasteiger partial charge in [-0.3, -0.25) is 0 Å². The molecule has 0 spiro atoms. The second-order valence-electron chi connectivity index (χ2n) is 5.01. The van der Waals surface area contributed by atoms with Crippen molar-refractivity contribution in [2.75, 3.05) is 12.3 Å². The van der Waals surface area contributed by atoms with Crippen molar-refractivity contribution in [1.82, 2.24) is 4.72 Å². The molecular formula is C13H19FN2O3S. The highest BCUT2D eigenvalue weighted by molar-refractivity contribution is 7.89. The number of nitrogen functional groups attached to an aromatic ring is 1. The zero-order valence-electron chi connectivity index (χ0n) is 11.5. The number of sulfonamides is 1. The van der Waals surface area contributed by atoms with Gasteiger partial charge in [0.2, 0.25) is 10.0 Å². The number of halogens is 1. The molecule has 0 bridgehead atoms. The topological polar surface area (TPSA) is 81.4 Å². The van der Waals surface area contributed by atoms with Crippen LogP contribution in [-0.2, 0) is 14.8 Å². The molecule has 3 N–H and O–H groups in total. The summed E-state index contributed by atoms with van der Waals surface area (Å²) in [5.41, 5.74) is 6.42. The summed E-state index contributed by atoms with van der Waals surface area (Å²) in [5.74, 6) is -0.787. The van der Waals surface area contributed by atoms with Crippen LogP contribution < -0.4 is 10.5 Å². The Hall–Kier alpha value is -1.18. The minimum Gasteiger partial charge on any atom is -0.398 e. The molecule has 0 saturated heterocycles. The van der Waals surface area contributed by atoms with Crippen molar-refractivity contribution in [2.45, 2.75) is 43.7 Å². The van der Waals surface area contributed by atoms with Crippen LogP contribution in [0.1, 0.15) is 25.3 Å². The molecule has 0 radical (unpaired) electrons. The predicted octanol–water partition coefficient (Wildman–Crippen LogP) is 1.56. The van der Waals surface area contributed by atoms with Crippen LogP contribution in [0.2, 0.25) is 0 Å². The quantitative estimate of drug-likeness (QED) is 0.809. The summed E-state index contributed by atoms with van der Waals surface area (Å²) in [4.78, 5) is -0.402. The Bertz CT molecular complexity index is 598. The standard InChI is InChI=1S/C13H19FN2O3S/c1-3-19-10-5-9(6-10)16-20(17,18)13-7-12(15)8(2)4-11(13)14/h4,7,9-10,16H,3,5-6,15H2,1-2H3. The molecule has 0 aliphatic heterocycles. The first kappa shape index (κ1) is 15.2. The van der Waals surface area contributed by atoms with Gasteiger partial charge in [-0.2, -0.15) is 0 Å². The molecule has 1 aliphatic rings. The van der Waals surface area contributed by atoms with E-state index in [2.05, 4.69) is 4.72 Å². The van der Waals surface area contributed by atoms with Gasteiger partial charge in [-0.05, 0) is 44.4 Å². The molecule has 7 heteroatoms. The smallest absolute Gasteiger partial charge is 0.243 e. The average molecular weight is 302 g/mol. The van der Waals surface area contributed by atoms with Gasteiger partial charge in [0.25, 0.3) is 0 Å². The van der Waals surface area contributed by atoms with Gasteiger partial charge in [0.15, 0.2) is 0 Å². The van der Waals surface area contributed by atoms with Gasteiger partial charge in [0.05, 0.1) is 6.10 Å². The van der Waals surface area contributed by atoms with Gasteiger partial charge < -0.3 is 10.5 Å². The van der Waals surface area contributed by atoms with Crippen LogP contribution >= 0.6 is 0 Å². The van der Waals surface area contributed by atoms with Crippen molar-refractivity contribution in [1.29, 1.82) is 0 Å². The van der Waals surface area contributed by atoms with Crippen molar-refractivity contribution in [3.63, 3.8) is 0 Å². The summed E-state index contributed by atoms with van der Waals surface area (Å²) in [6, 6.07) is 2.08. The summed E-state index contributed by atoms with van der Waals surface area (Å²) >= 11 is 0. The van der Waals surface area contributed by atoms with Crippen LogP contribution in [0.15, 0.2) is 17.0 Å². The Morgan fingerprint density at radius 2 is 2.10 bits per heavy atom. The molecule has 112 valence electrons. The van der Waals surface area contributed by atoms with E-state index in [1.165, 1.54) is 0 Å². The first-order valence-corrected chi connectivity index (χ1v) is 8.01. The van der Waals surface area contributed by atoms with E-state index < -0.39 is 20.7 Å². The number of anilines is 1. The molecule has 2 rings (SSSR count). The van der Waals surface area contributed by atoms with Crippen LogP contribution in [0.25, 0.3) is 0 Å². The first-order valence-electron chi connectivity index (χ1n) is 6.53. The Kier molecular flexibility index (Phi) is 4.31. The first-order chi connectivity index (χ1) is 9.33. The molecule has 0 atom stereocenters. The van der Waals surface area contributed by atoms with Crippen molar-refractivity contribution in [2.24, 2.45) is 0 Å². The molecule has 5 nitrogen and oxygen atoms in total. The number of hydrogen-bond acceptors (Lipinski definition) is 4. The lowest BCUT2D eigenvalue weighted by Gasteiger charge is -2.35. The van der Waals surface area contributed by atoms with Crippen LogP contribution in [0.3, 0.4) is 0 Å². The summed E-state index contributed by atoms with van der Waals surface area (Å²) in [6.07, 6.45) is 1.30. The number of aryl methyl sites for hydroxylation is 1. The van der Waals surface area contributed by atoms with Crippen molar-refractivity contribution in [3.05, 3.63) is 23.5 Å². The monoisotopic (exact) mass is 302 g/mol. The van der Waals surface area contributed by atoms with Crippen LogP contribution in [0.5, 0.6) is 0 Å². The molecule has 1 saturated carbocycles. The Balaban J connectivity index is 2.10. The number of benzene rings is 1. The van der Waals surface area contributed by atoms with Gasteiger partial charge in [-0.25, -0.2) is 17.5 Å². The minimum absolute atomic E-state index is 0.0839. The van der Waals surface area contributed by atoms with Gasteiger partial charge >= 0.3 is 0 Å². The second-order valence-corrected chi connectivity index (χ2v) is 6.69. The van der Waals surface area contributed by atoms with E-state index in [1.54, 1.807) is 6.92 Å². The largest absolute Gasteiger partial charge is 0.398 e. The molecule has 0 aromatic heterocycles. The van der Waals surface area contributed by atoms with E-state index in [-0.39, 0.29) is 17.8 Å². The Labute approximate surface area is 118 Å². The molecule has 1 aromatic rings. The second kappa shape index (κ2) is 5.67. The van der Waals surface area contributed by atoms with E-state index in [9.17, 15) is 12.8 Å². The maximum absolute atomic E-state index is 13.8. The third-order valence-electron chi connectivity index (χ3n) is 3.43. The average Bonchev–Trinajstić information content (AvgIpc) is 2.31. The number of ether oxygens (including phenoxy) is 1. The van der Waals surface area contributed by atoms with E-state index in [0.29, 0.717) is 25.0 Å². The molecule has 0 amide bonds. The van der Waals surface area contributed by atoms with Crippen LogP contribution in [0.4, 0.5) is 10.1 Å². The summed E-state index contributed by atoms with van der Waals surface area (Å²) in [7, 11) is -3.89. The maximum Gasteiger partial charge on any atom is 0.243 e. The summed E-state index contributed by atoms with van der Waals surface area (Å²) in [6.45, 7) is 4.12. The Morgan fingerprint density at radius 3 is 2.70 bits per heavy atom. The fraction of sp³-hybridized carbons (Fsp3) is 0.538. The van der Waals surface area contributed by atoms with E-state index in [1.807, 2.05) is 6.92 Å². The fourth-order valence-corrected chi connectivity index (χ4v) is 3.55. The number of nitrogens with one attached hydrogen (secondary N) is 1. The van der Waals surface area contributed by atoms with E-state index in [0.717, 1.165) is 12.1 Å². The van der Waals surface area contributed by atoms with Crippen LogP contribution in [-0.4, -0.2) is 27.2 Å². The van der Waals surface area contributed by atoms with Crippen molar-refractivity contribution < 1.29 is 17.5 Å². The molecule has 1 aromatic carbocycles. The minimum atomic E-state index is -3.89. The molecule has 0 heterocycles.